The monoisotopic (exact) mass is 441 g/mol. The van der Waals surface area contributed by atoms with Gasteiger partial charge in [-0.3, -0.25) is 4.79 Å². The van der Waals surface area contributed by atoms with E-state index in [2.05, 4.69) is 20.6 Å². The second-order valence-electron chi connectivity index (χ2n) is 7.28. The van der Waals surface area contributed by atoms with Crippen LogP contribution >= 0.6 is 11.6 Å². The van der Waals surface area contributed by atoms with Crippen molar-refractivity contribution in [3.8, 4) is 0 Å². The molecule has 0 radical (unpaired) electrons. The largest absolute Gasteiger partial charge is 0.404 e. The Morgan fingerprint density at radius 1 is 1.32 bits per heavy atom. The van der Waals surface area contributed by atoms with E-state index in [1.54, 1.807) is 6.07 Å². The number of nitrogens with two attached hydrogens (primary N) is 1. The lowest BCUT2D eigenvalue weighted by atomic mass is 9.96. The minimum absolute atomic E-state index is 0.00551. The minimum atomic E-state index is -0.502. The van der Waals surface area contributed by atoms with Crippen LogP contribution in [-0.2, 0) is 16.0 Å². The van der Waals surface area contributed by atoms with Gasteiger partial charge in [0.1, 0.15) is 18.0 Å². The van der Waals surface area contributed by atoms with E-state index >= 15 is 0 Å². The summed E-state index contributed by atoms with van der Waals surface area (Å²) >= 11 is 5.89. The molecule has 0 bridgehead atoms. The molecule has 4 N–H and O–H groups in total. The molecular weight excluding hydrogens is 421 g/mol. The highest BCUT2D eigenvalue weighted by Gasteiger charge is 2.20. The van der Waals surface area contributed by atoms with Crippen molar-refractivity contribution in [2.45, 2.75) is 12.8 Å². The lowest BCUT2D eigenvalue weighted by Crippen LogP contribution is -2.13. The molecule has 0 unspecified atom stereocenters. The highest BCUT2D eigenvalue weighted by atomic mass is 35.5. The average Bonchev–Trinajstić information content (AvgIpc) is 3.25. The molecule has 1 fully saturated rings. The summed E-state index contributed by atoms with van der Waals surface area (Å²) in [4.78, 5) is 20.9. The molecule has 1 atom stereocenters. The molecule has 4 rings (SSSR count). The van der Waals surface area contributed by atoms with Crippen LogP contribution in [0.5, 0.6) is 0 Å². The van der Waals surface area contributed by atoms with Gasteiger partial charge in [0.05, 0.1) is 10.5 Å². The number of carbonyl (C=O) groups excluding carboxylic acids is 1. The zero-order valence-corrected chi connectivity index (χ0v) is 17.3. The predicted molar refractivity (Wildman–Crippen MR) is 119 cm³/mol. The Morgan fingerprint density at radius 2 is 2.19 bits per heavy atom. The van der Waals surface area contributed by atoms with Gasteiger partial charge in [-0.1, -0.05) is 11.6 Å². The van der Waals surface area contributed by atoms with E-state index in [-0.39, 0.29) is 10.9 Å². The van der Waals surface area contributed by atoms with Crippen molar-refractivity contribution in [1.29, 1.82) is 0 Å². The molecule has 1 aromatic heterocycles. The molecule has 2 aromatic carbocycles. The fourth-order valence-electron chi connectivity index (χ4n) is 3.56. The summed E-state index contributed by atoms with van der Waals surface area (Å²) in [7, 11) is 0. The van der Waals surface area contributed by atoms with Crippen LogP contribution in [0.4, 0.5) is 21.6 Å². The molecule has 0 aliphatic carbocycles. The number of aromatic nitrogens is 2. The van der Waals surface area contributed by atoms with Crippen LogP contribution in [0.2, 0.25) is 5.02 Å². The number of fused-ring (bicyclic) bond motifs is 1. The predicted octanol–water partition coefficient (Wildman–Crippen LogP) is 4.16. The number of hydrogen-bond acceptors (Lipinski definition) is 6. The summed E-state index contributed by atoms with van der Waals surface area (Å²) < 4.78 is 19.0. The number of amides is 1. The zero-order chi connectivity index (χ0) is 21.8. The summed E-state index contributed by atoms with van der Waals surface area (Å²) in [6, 6.07) is 8.10. The molecule has 2 heterocycles. The Labute approximate surface area is 183 Å². The van der Waals surface area contributed by atoms with Crippen molar-refractivity contribution in [3.63, 3.8) is 0 Å². The van der Waals surface area contributed by atoms with Gasteiger partial charge in [0, 0.05) is 36.1 Å². The maximum atomic E-state index is 13.5. The highest BCUT2D eigenvalue weighted by Crippen LogP contribution is 2.32. The molecule has 1 saturated heterocycles. The van der Waals surface area contributed by atoms with Gasteiger partial charge in [0.2, 0.25) is 5.91 Å². The Bertz CT molecular complexity index is 1150. The standard InChI is InChI=1S/C22H21ClFN5O2/c23-17-9-15(1-2-18(17)24)28-22-16-10-19(29-21(30)3-5-25)14(7-13-4-6-31-11-13)8-20(16)26-12-27-22/h1-3,5,8-10,12-13H,4,6-7,11,25H2,(H,29,30)(H,26,27,28)/b5-3+/t13-/m1/s1. The van der Waals surface area contributed by atoms with Crippen molar-refractivity contribution < 1.29 is 13.9 Å². The van der Waals surface area contributed by atoms with Crippen molar-refractivity contribution in [2.24, 2.45) is 11.7 Å². The average molecular weight is 442 g/mol. The van der Waals surface area contributed by atoms with E-state index < -0.39 is 5.82 Å². The quantitative estimate of drug-likeness (QED) is 0.496. The Morgan fingerprint density at radius 3 is 2.94 bits per heavy atom. The first-order valence-electron chi connectivity index (χ1n) is 9.80. The molecule has 0 spiro atoms. The smallest absolute Gasteiger partial charge is 0.249 e. The van der Waals surface area contributed by atoms with E-state index in [1.807, 2.05) is 12.1 Å². The first kappa shape index (κ1) is 21.0. The van der Waals surface area contributed by atoms with Gasteiger partial charge in [0.15, 0.2) is 0 Å². The number of hydrogen-bond donors (Lipinski definition) is 3. The molecular formula is C22H21ClFN5O2. The van der Waals surface area contributed by atoms with E-state index in [0.29, 0.717) is 40.6 Å². The normalized spacial score (nSPS) is 16.1. The number of carbonyl (C=O) groups is 1. The first-order valence-corrected chi connectivity index (χ1v) is 10.2. The van der Waals surface area contributed by atoms with Gasteiger partial charge < -0.3 is 21.1 Å². The van der Waals surface area contributed by atoms with Gasteiger partial charge in [-0.15, -0.1) is 0 Å². The van der Waals surface area contributed by atoms with Gasteiger partial charge in [-0.25, -0.2) is 14.4 Å². The van der Waals surface area contributed by atoms with Crippen molar-refractivity contribution in [1.82, 2.24) is 9.97 Å². The van der Waals surface area contributed by atoms with Crippen LogP contribution in [0.1, 0.15) is 12.0 Å². The van der Waals surface area contributed by atoms with E-state index in [0.717, 1.165) is 25.0 Å². The van der Waals surface area contributed by atoms with E-state index in [4.69, 9.17) is 22.1 Å². The third-order valence-corrected chi connectivity index (χ3v) is 5.37. The summed E-state index contributed by atoms with van der Waals surface area (Å²) in [5, 5.41) is 6.73. The molecule has 9 heteroatoms. The number of benzene rings is 2. The van der Waals surface area contributed by atoms with Crippen LogP contribution in [0.25, 0.3) is 10.9 Å². The fourth-order valence-corrected chi connectivity index (χ4v) is 3.74. The van der Waals surface area contributed by atoms with Crippen LogP contribution in [0.15, 0.2) is 48.9 Å². The number of nitrogens with one attached hydrogen (secondary N) is 2. The highest BCUT2D eigenvalue weighted by molar-refractivity contribution is 6.31. The number of anilines is 3. The molecule has 1 aliphatic rings. The van der Waals surface area contributed by atoms with Gasteiger partial charge in [-0.05, 0) is 60.9 Å². The van der Waals surface area contributed by atoms with Crippen LogP contribution in [0, 0.1) is 11.7 Å². The summed E-state index contributed by atoms with van der Waals surface area (Å²) in [6.07, 6.45) is 5.62. The second kappa shape index (κ2) is 9.28. The Balaban J connectivity index is 1.74. The fraction of sp³-hybridized carbons (Fsp3) is 0.227. The number of halogens is 2. The molecule has 160 valence electrons. The van der Waals surface area contributed by atoms with E-state index in [1.165, 1.54) is 30.7 Å². The second-order valence-corrected chi connectivity index (χ2v) is 7.69. The van der Waals surface area contributed by atoms with Crippen molar-refractivity contribution in [2.75, 3.05) is 23.8 Å². The van der Waals surface area contributed by atoms with Crippen LogP contribution in [0.3, 0.4) is 0 Å². The molecule has 1 amide bonds. The lowest BCUT2D eigenvalue weighted by molar-refractivity contribution is -0.111. The summed E-state index contributed by atoms with van der Waals surface area (Å²) in [5.41, 5.74) is 8.25. The zero-order valence-electron chi connectivity index (χ0n) is 16.6. The summed E-state index contributed by atoms with van der Waals surface area (Å²) in [5.74, 6) is 0.0490. The third kappa shape index (κ3) is 4.92. The molecule has 31 heavy (non-hydrogen) atoms. The third-order valence-electron chi connectivity index (χ3n) is 5.08. The van der Waals surface area contributed by atoms with Crippen molar-refractivity contribution >= 4 is 45.6 Å². The molecule has 0 saturated carbocycles. The van der Waals surface area contributed by atoms with Crippen LogP contribution < -0.4 is 16.4 Å². The van der Waals surface area contributed by atoms with Gasteiger partial charge >= 0.3 is 0 Å². The number of nitrogens with zero attached hydrogens (tertiary/aromatic N) is 2. The van der Waals surface area contributed by atoms with Crippen LogP contribution in [-0.4, -0.2) is 29.1 Å². The van der Waals surface area contributed by atoms with Crippen molar-refractivity contribution in [3.05, 3.63) is 65.3 Å². The van der Waals surface area contributed by atoms with E-state index in [9.17, 15) is 9.18 Å². The maximum Gasteiger partial charge on any atom is 0.249 e. The number of rotatable bonds is 6. The SMILES string of the molecule is N/C=C/C(=O)Nc1cc2c(Nc3ccc(F)c(Cl)c3)ncnc2cc1C[C@H]1CCOC1. The Hall–Kier alpha value is -3.23. The molecule has 7 nitrogen and oxygen atoms in total. The topological polar surface area (TPSA) is 102 Å². The maximum absolute atomic E-state index is 13.5. The van der Waals surface area contributed by atoms with Gasteiger partial charge in [-0.2, -0.15) is 0 Å². The first-order chi connectivity index (χ1) is 15.0. The van der Waals surface area contributed by atoms with Gasteiger partial charge in [0.25, 0.3) is 0 Å². The lowest BCUT2D eigenvalue weighted by Gasteiger charge is -2.16. The number of ether oxygens (including phenoxy) is 1. The minimum Gasteiger partial charge on any atom is -0.404 e. The molecule has 3 aromatic rings. The molecule has 1 aliphatic heterocycles. The summed E-state index contributed by atoms with van der Waals surface area (Å²) in [6.45, 7) is 1.43. The Kier molecular flexibility index (Phi) is 6.29.